The average Bonchev–Trinajstić information content (AvgIpc) is 2.65. The van der Waals surface area contributed by atoms with Crippen molar-refractivity contribution in [1.82, 2.24) is 5.32 Å². The molecule has 3 N–H and O–H groups in total. The molecule has 0 spiro atoms. The zero-order valence-electron chi connectivity index (χ0n) is 16.2. The first kappa shape index (κ1) is 19.8. The SMILES string of the molecule is Cc1ccc(NC(=O)NC(=O)C[NH+]2CCN(c3ccc(F)cc3)CC2)c(C)c1. The Morgan fingerprint density at radius 2 is 1.75 bits per heavy atom. The van der Waals surface area contributed by atoms with E-state index in [-0.39, 0.29) is 18.3 Å². The van der Waals surface area contributed by atoms with Crippen molar-refractivity contribution in [2.75, 3.05) is 42.9 Å². The van der Waals surface area contributed by atoms with Gasteiger partial charge in [-0.25, -0.2) is 9.18 Å². The van der Waals surface area contributed by atoms with E-state index < -0.39 is 6.03 Å². The van der Waals surface area contributed by atoms with Crippen LogP contribution in [0.1, 0.15) is 11.1 Å². The fraction of sp³-hybridized carbons (Fsp3) is 0.333. The number of carbonyl (C=O) groups excluding carboxylic acids is 2. The van der Waals surface area contributed by atoms with Crippen LogP contribution < -0.4 is 20.4 Å². The molecule has 2 aromatic rings. The lowest BCUT2D eigenvalue weighted by atomic mass is 10.1. The Morgan fingerprint density at radius 1 is 1.07 bits per heavy atom. The van der Waals surface area contributed by atoms with Gasteiger partial charge in [0.2, 0.25) is 0 Å². The van der Waals surface area contributed by atoms with Crippen molar-refractivity contribution in [1.29, 1.82) is 0 Å². The van der Waals surface area contributed by atoms with Crippen molar-refractivity contribution < 1.29 is 18.9 Å². The molecule has 1 saturated heterocycles. The van der Waals surface area contributed by atoms with Crippen LogP contribution in [0, 0.1) is 19.7 Å². The summed E-state index contributed by atoms with van der Waals surface area (Å²) in [5.74, 6) is -0.545. The van der Waals surface area contributed by atoms with Crippen molar-refractivity contribution >= 4 is 23.3 Å². The van der Waals surface area contributed by atoms with E-state index >= 15 is 0 Å². The molecule has 3 amide bonds. The second-order valence-electron chi connectivity index (χ2n) is 7.21. The maximum absolute atomic E-state index is 13.0. The van der Waals surface area contributed by atoms with Crippen LogP contribution >= 0.6 is 0 Å². The summed E-state index contributed by atoms with van der Waals surface area (Å²) in [4.78, 5) is 27.6. The van der Waals surface area contributed by atoms with Crippen molar-refractivity contribution in [3.63, 3.8) is 0 Å². The highest BCUT2D eigenvalue weighted by atomic mass is 19.1. The molecule has 0 unspecified atom stereocenters. The van der Waals surface area contributed by atoms with Crippen LogP contribution in [0.15, 0.2) is 42.5 Å². The standard InChI is InChI=1S/C21H25FN4O2/c1-15-3-8-19(16(2)13-15)23-21(28)24-20(27)14-25-9-11-26(12-10-25)18-6-4-17(22)5-7-18/h3-8,13H,9-12,14H2,1-2H3,(H2,23,24,27,28)/p+1. The van der Waals surface area contributed by atoms with Crippen molar-refractivity contribution in [2.45, 2.75) is 13.8 Å². The summed E-state index contributed by atoms with van der Waals surface area (Å²) in [5, 5.41) is 5.12. The van der Waals surface area contributed by atoms with Gasteiger partial charge in [-0.1, -0.05) is 17.7 Å². The summed E-state index contributed by atoms with van der Waals surface area (Å²) >= 11 is 0. The number of carbonyl (C=O) groups is 2. The van der Waals surface area contributed by atoms with E-state index in [0.717, 1.165) is 47.9 Å². The number of rotatable bonds is 4. The van der Waals surface area contributed by atoms with Crippen LogP contribution in [0.25, 0.3) is 0 Å². The Bertz CT molecular complexity index is 846. The average molecular weight is 385 g/mol. The molecule has 2 aromatic carbocycles. The first-order valence-electron chi connectivity index (χ1n) is 9.43. The third-order valence-electron chi connectivity index (χ3n) is 4.96. The third-order valence-corrected chi connectivity index (χ3v) is 4.96. The maximum Gasteiger partial charge on any atom is 0.326 e. The number of imide groups is 1. The molecule has 1 aliphatic rings. The van der Waals surface area contributed by atoms with Gasteiger partial charge in [0.15, 0.2) is 6.54 Å². The Balaban J connectivity index is 1.44. The first-order valence-corrected chi connectivity index (χ1v) is 9.43. The number of anilines is 2. The Kier molecular flexibility index (Phi) is 6.26. The molecule has 148 valence electrons. The highest BCUT2D eigenvalue weighted by Crippen LogP contribution is 2.16. The minimum Gasteiger partial charge on any atom is -0.360 e. The van der Waals surface area contributed by atoms with Crippen LogP contribution in [0.4, 0.5) is 20.6 Å². The zero-order valence-corrected chi connectivity index (χ0v) is 16.2. The molecule has 3 rings (SSSR count). The Hall–Kier alpha value is -2.93. The molecular weight excluding hydrogens is 359 g/mol. The zero-order chi connectivity index (χ0) is 20.1. The summed E-state index contributed by atoms with van der Waals surface area (Å²) in [6.07, 6.45) is 0. The minimum absolute atomic E-state index is 0.246. The number of urea groups is 1. The molecular formula is C21H26FN4O2+. The molecule has 0 saturated carbocycles. The van der Waals surface area contributed by atoms with Gasteiger partial charge in [-0.2, -0.15) is 0 Å². The molecule has 1 aliphatic heterocycles. The lowest BCUT2D eigenvalue weighted by molar-refractivity contribution is -0.892. The fourth-order valence-corrected chi connectivity index (χ4v) is 3.42. The van der Waals surface area contributed by atoms with E-state index in [0.29, 0.717) is 5.69 Å². The third kappa shape index (κ3) is 5.29. The van der Waals surface area contributed by atoms with Crippen LogP contribution in [-0.2, 0) is 4.79 Å². The summed E-state index contributed by atoms with van der Waals surface area (Å²) < 4.78 is 13.0. The van der Waals surface area contributed by atoms with Crippen LogP contribution in [-0.4, -0.2) is 44.7 Å². The molecule has 0 radical (unpaired) electrons. The number of quaternary nitrogens is 1. The van der Waals surface area contributed by atoms with Gasteiger partial charge in [-0.15, -0.1) is 0 Å². The second kappa shape index (κ2) is 8.84. The van der Waals surface area contributed by atoms with Crippen LogP contribution in [0.5, 0.6) is 0 Å². The van der Waals surface area contributed by atoms with Gasteiger partial charge >= 0.3 is 6.03 Å². The molecule has 1 heterocycles. The smallest absolute Gasteiger partial charge is 0.326 e. The number of benzene rings is 2. The quantitative estimate of drug-likeness (QED) is 0.747. The van der Waals surface area contributed by atoms with Gasteiger partial charge in [0.1, 0.15) is 5.82 Å². The van der Waals surface area contributed by atoms with Crippen molar-refractivity contribution in [3.8, 4) is 0 Å². The van der Waals surface area contributed by atoms with Gasteiger partial charge in [0, 0.05) is 11.4 Å². The number of amides is 3. The van der Waals surface area contributed by atoms with Crippen LogP contribution in [0.2, 0.25) is 0 Å². The lowest BCUT2D eigenvalue weighted by Crippen LogP contribution is -3.16. The maximum atomic E-state index is 13.0. The number of halogens is 1. The van der Waals surface area contributed by atoms with E-state index in [1.807, 2.05) is 32.0 Å². The second-order valence-corrected chi connectivity index (χ2v) is 7.21. The summed E-state index contributed by atoms with van der Waals surface area (Å²) in [6.45, 7) is 7.27. The topological polar surface area (TPSA) is 65.9 Å². The van der Waals surface area contributed by atoms with E-state index in [1.165, 1.54) is 12.1 Å². The Morgan fingerprint density at radius 3 is 2.39 bits per heavy atom. The largest absolute Gasteiger partial charge is 0.360 e. The normalized spacial score (nSPS) is 14.6. The van der Waals surface area contributed by atoms with Crippen molar-refractivity contribution in [3.05, 3.63) is 59.4 Å². The molecule has 0 aromatic heterocycles. The first-order chi connectivity index (χ1) is 13.4. The van der Waals surface area contributed by atoms with Gasteiger partial charge in [-0.05, 0) is 49.7 Å². The summed E-state index contributed by atoms with van der Waals surface area (Å²) in [7, 11) is 0. The Labute approximate surface area is 164 Å². The lowest BCUT2D eigenvalue weighted by Gasteiger charge is -2.33. The number of aryl methyl sites for hydroxylation is 2. The molecule has 0 bridgehead atoms. The van der Waals surface area contributed by atoms with Crippen LogP contribution in [0.3, 0.4) is 0 Å². The number of nitrogens with one attached hydrogen (secondary N) is 3. The number of piperazine rings is 1. The predicted octanol–water partition coefficient (Wildman–Crippen LogP) is 1.50. The number of hydrogen-bond acceptors (Lipinski definition) is 3. The molecule has 0 atom stereocenters. The minimum atomic E-state index is -0.513. The van der Waals surface area contributed by atoms with E-state index in [2.05, 4.69) is 15.5 Å². The highest BCUT2D eigenvalue weighted by molar-refractivity contribution is 6.01. The fourth-order valence-electron chi connectivity index (χ4n) is 3.42. The number of nitrogens with zero attached hydrogens (tertiary/aromatic N) is 1. The number of hydrogen-bond donors (Lipinski definition) is 3. The van der Waals surface area contributed by atoms with E-state index in [4.69, 9.17) is 0 Å². The summed E-state index contributed by atoms with van der Waals surface area (Å²) in [5.41, 5.74) is 3.74. The van der Waals surface area contributed by atoms with Gasteiger partial charge < -0.3 is 15.1 Å². The predicted molar refractivity (Wildman–Crippen MR) is 107 cm³/mol. The highest BCUT2D eigenvalue weighted by Gasteiger charge is 2.23. The molecule has 1 fully saturated rings. The molecule has 0 aliphatic carbocycles. The molecule has 28 heavy (non-hydrogen) atoms. The van der Waals surface area contributed by atoms with Gasteiger partial charge in [0.05, 0.1) is 26.2 Å². The van der Waals surface area contributed by atoms with Gasteiger partial charge in [-0.3, -0.25) is 10.1 Å². The van der Waals surface area contributed by atoms with E-state index in [1.54, 1.807) is 12.1 Å². The molecule has 6 nitrogen and oxygen atoms in total. The summed E-state index contributed by atoms with van der Waals surface area (Å²) in [6, 6.07) is 11.6. The molecule has 7 heteroatoms. The van der Waals surface area contributed by atoms with E-state index in [9.17, 15) is 14.0 Å². The monoisotopic (exact) mass is 385 g/mol. The van der Waals surface area contributed by atoms with Crippen molar-refractivity contribution in [2.24, 2.45) is 0 Å². The van der Waals surface area contributed by atoms with Gasteiger partial charge in [0.25, 0.3) is 5.91 Å².